The highest BCUT2D eigenvalue weighted by Gasteiger charge is 2.26. The Morgan fingerprint density at radius 2 is 1.35 bits per heavy atom. The first-order valence-corrected chi connectivity index (χ1v) is 7.43. The monoisotopic (exact) mass is 366 g/mol. The molecule has 3 aromatic carbocycles. The number of hydrogen-bond donors (Lipinski definition) is 2. The molecule has 0 atom stereocenters. The zero-order chi connectivity index (χ0) is 18.8. The van der Waals surface area contributed by atoms with Gasteiger partial charge in [0.25, 0.3) is 0 Å². The summed E-state index contributed by atoms with van der Waals surface area (Å²) in [6.07, 6.45) is -0.163. The fourth-order valence-corrected chi connectivity index (χ4v) is 2.51. The number of amides is 1. The molecule has 0 unspecified atom stereocenters. The molecule has 2 N–H and O–H groups in total. The maximum atomic E-state index is 13.6. The average molecular weight is 366 g/mol. The van der Waals surface area contributed by atoms with Gasteiger partial charge in [-0.05, 0) is 16.3 Å². The van der Waals surface area contributed by atoms with Crippen molar-refractivity contribution in [3.63, 3.8) is 0 Å². The van der Waals surface area contributed by atoms with Crippen LogP contribution >= 0.6 is 0 Å². The van der Waals surface area contributed by atoms with E-state index < -0.39 is 40.7 Å². The molecule has 8 heteroatoms. The predicted molar refractivity (Wildman–Crippen MR) is 85.6 cm³/mol. The van der Waals surface area contributed by atoms with E-state index in [9.17, 15) is 26.7 Å². The molecule has 26 heavy (non-hydrogen) atoms. The number of hydrogen-bond acceptors (Lipinski definition) is 2. The molecule has 0 fully saturated rings. The minimum atomic E-state index is -2.27. The van der Waals surface area contributed by atoms with Gasteiger partial charge in [0.1, 0.15) is 5.69 Å². The molecule has 0 saturated heterocycles. The lowest BCUT2D eigenvalue weighted by Gasteiger charge is -2.12. The van der Waals surface area contributed by atoms with Gasteiger partial charge in [0.2, 0.25) is 11.7 Å². The summed E-state index contributed by atoms with van der Waals surface area (Å²) in [4.78, 5) is 12.0. The SMILES string of the molecule is O=C(Cc1cccc2ccccc12)NNc1c(F)c(F)c(F)c(F)c1F. The minimum Gasteiger partial charge on any atom is -0.293 e. The second-order valence-electron chi connectivity index (χ2n) is 5.43. The Labute approximate surface area is 144 Å². The van der Waals surface area contributed by atoms with Crippen molar-refractivity contribution < 1.29 is 26.7 Å². The van der Waals surface area contributed by atoms with Crippen LogP contribution in [0.3, 0.4) is 0 Å². The number of carbonyl (C=O) groups is 1. The van der Waals surface area contributed by atoms with Gasteiger partial charge in [-0.2, -0.15) is 0 Å². The van der Waals surface area contributed by atoms with E-state index in [1.165, 1.54) is 0 Å². The molecule has 0 saturated carbocycles. The van der Waals surface area contributed by atoms with Gasteiger partial charge >= 0.3 is 0 Å². The fourth-order valence-electron chi connectivity index (χ4n) is 2.51. The Morgan fingerprint density at radius 1 is 0.769 bits per heavy atom. The lowest BCUT2D eigenvalue weighted by Crippen LogP contribution is -2.32. The predicted octanol–water partition coefficient (Wildman–Crippen LogP) is 4.22. The first kappa shape index (κ1) is 17.7. The van der Waals surface area contributed by atoms with Gasteiger partial charge in [-0.1, -0.05) is 42.5 Å². The fraction of sp³-hybridized carbons (Fsp3) is 0.0556. The Hall–Kier alpha value is -3.16. The third-order valence-corrected chi connectivity index (χ3v) is 3.77. The average Bonchev–Trinajstić information content (AvgIpc) is 2.65. The molecule has 0 aromatic heterocycles. The van der Waals surface area contributed by atoms with E-state index in [1.807, 2.05) is 23.6 Å². The molecule has 3 aromatic rings. The standard InChI is InChI=1S/C18H11F5N2O/c19-13-14(20)16(22)18(17(23)15(13)21)25-24-12(26)8-10-6-3-5-9-4-1-2-7-11(9)10/h1-7,25H,8H2,(H,24,26). The third kappa shape index (κ3) is 3.17. The van der Waals surface area contributed by atoms with Crippen molar-refractivity contribution in [3.8, 4) is 0 Å². The van der Waals surface area contributed by atoms with Crippen LogP contribution in [0.4, 0.5) is 27.6 Å². The summed E-state index contributed by atoms with van der Waals surface area (Å²) in [5.41, 5.74) is 3.02. The lowest BCUT2D eigenvalue weighted by molar-refractivity contribution is -0.119. The summed E-state index contributed by atoms with van der Waals surface area (Å²) >= 11 is 0. The summed E-state index contributed by atoms with van der Waals surface area (Å²) in [6, 6.07) is 12.6. The maximum Gasteiger partial charge on any atom is 0.242 e. The molecule has 0 aliphatic carbocycles. The van der Waals surface area contributed by atoms with Crippen molar-refractivity contribution in [3.05, 3.63) is 77.1 Å². The van der Waals surface area contributed by atoms with Crippen LogP contribution in [0.2, 0.25) is 0 Å². The van der Waals surface area contributed by atoms with E-state index in [4.69, 9.17) is 0 Å². The Balaban J connectivity index is 1.78. The van der Waals surface area contributed by atoms with E-state index in [1.54, 1.807) is 29.7 Å². The van der Waals surface area contributed by atoms with Gasteiger partial charge in [-0.25, -0.2) is 22.0 Å². The molecule has 0 bridgehead atoms. The van der Waals surface area contributed by atoms with E-state index in [0.717, 1.165) is 10.8 Å². The molecule has 134 valence electrons. The van der Waals surface area contributed by atoms with Gasteiger partial charge in [0.15, 0.2) is 23.3 Å². The summed E-state index contributed by atoms with van der Waals surface area (Å²) < 4.78 is 66.4. The van der Waals surface area contributed by atoms with Gasteiger partial charge in [0.05, 0.1) is 6.42 Å². The Bertz CT molecular complexity index is 972. The second-order valence-corrected chi connectivity index (χ2v) is 5.43. The normalized spacial score (nSPS) is 10.8. The van der Waals surface area contributed by atoms with Gasteiger partial charge in [-0.3, -0.25) is 15.6 Å². The number of fused-ring (bicyclic) bond motifs is 1. The van der Waals surface area contributed by atoms with E-state index in [-0.39, 0.29) is 6.42 Å². The molecule has 1 amide bonds. The second kappa shape index (κ2) is 6.99. The topological polar surface area (TPSA) is 41.1 Å². The zero-order valence-electron chi connectivity index (χ0n) is 13.0. The highest BCUT2D eigenvalue weighted by molar-refractivity contribution is 5.90. The number of benzene rings is 3. The Morgan fingerprint density at radius 3 is 2.04 bits per heavy atom. The van der Waals surface area contributed by atoms with Crippen LogP contribution in [0, 0.1) is 29.1 Å². The van der Waals surface area contributed by atoms with E-state index in [2.05, 4.69) is 0 Å². The number of anilines is 1. The number of halogens is 5. The molecule has 3 rings (SSSR count). The van der Waals surface area contributed by atoms with Crippen LogP contribution in [0.15, 0.2) is 42.5 Å². The quantitative estimate of drug-likeness (QED) is 0.314. The lowest BCUT2D eigenvalue weighted by atomic mass is 10.0. The molecule has 3 nitrogen and oxygen atoms in total. The van der Waals surface area contributed by atoms with Crippen LogP contribution in [-0.4, -0.2) is 5.91 Å². The van der Waals surface area contributed by atoms with Crippen LogP contribution in [0.25, 0.3) is 10.8 Å². The number of nitrogens with one attached hydrogen (secondary N) is 2. The van der Waals surface area contributed by atoms with Crippen molar-refractivity contribution in [1.29, 1.82) is 0 Å². The summed E-state index contributed by atoms with van der Waals surface area (Å²) in [5.74, 6) is -11.3. The number of carbonyl (C=O) groups excluding carboxylic acids is 1. The van der Waals surface area contributed by atoms with Crippen LogP contribution in [0.5, 0.6) is 0 Å². The van der Waals surface area contributed by atoms with Crippen LogP contribution in [0.1, 0.15) is 5.56 Å². The molecule has 0 aliphatic rings. The van der Waals surface area contributed by atoms with E-state index in [0.29, 0.717) is 5.56 Å². The highest BCUT2D eigenvalue weighted by Crippen LogP contribution is 2.26. The summed E-state index contributed by atoms with van der Waals surface area (Å²) in [6.45, 7) is 0. The van der Waals surface area contributed by atoms with Gasteiger partial charge in [-0.15, -0.1) is 0 Å². The number of hydrazine groups is 1. The van der Waals surface area contributed by atoms with Gasteiger partial charge in [0, 0.05) is 0 Å². The molecule has 0 spiro atoms. The maximum absolute atomic E-state index is 13.6. The van der Waals surface area contributed by atoms with E-state index >= 15 is 0 Å². The van der Waals surface area contributed by atoms with Crippen molar-refractivity contribution in [2.24, 2.45) is 0 Å². The highest BCUT2D eigenvalue weighted by atomic mass is 19.2. The number of rotatable bonds is 4. The smallest absolute Gasteiger partial charge is 0.242 e. The summed E-state index contributed by atoms with van der Waals surface area (Å²) in [7, 11) is 0. The molecule has 0 radical (unpaired) electrons. The third-order valence-electron chi connectivity index (χ3n) is 3.77. The van der Waals surface area contributed by atoms with Crippen molar-refractivity contribution in [2.45, 2.75) is 6.42 Å². The largest absolute Gasteiger partial charge is 0.293 e. The van der Waals surface area contributed by atoms with Crippen molar-refractivity contribution >= 4 is 22.4 Å². The first-order chi connectivity index (χ1) is 12.4. The molecule has 0 heterocycles. The van der Waals surface area contributed by atoms with Crippen LogP contribution in [-0.2, 0) is 11.2 Å². The zero-order valence-corrected chi connectivity index (χ0v) is 13.0. The first-order valence-electron chi connectivity index (χ1n) is 7.43. The molecular weight excluding hydrogens is 355 g/mol. The van der Waals surface area contributed by atoms with Gasteiger partial charge < -0.3 is 0 Å². The molecule has 0 aliphatic heterocycles. The Kier molecular flexibility index (Phi) is 4.75. The minimum absolute atomic E-state index is 0.163. The molecular formula is C18H11F5N2O. The summed E-state index contributed by atoms with van der Waals surface area (Å²) in [5, 5.41) is 1.70. The van der Waals surface area contributed by atoms with Crippen LogP contribution < -0.4 is 10.9 Å². The van der Waals surface area contributed by atoms with Crippen molar-refractivity contribution in [1.82, 2.24) is 5.43 Å². The van der Waals surface area contributed by atoms with Crippen molar-refractivity contribution in [2.75, 3.05) is 5.43 Å².